The third-order valence-corrected chi connectivity index (χ3v) is 1.87. The van der Waals surface area contributed by atoms with Gasteiger partial charge in [0.15, 0.2) is 0 Å². The van der Waals surface area contributed by atoms with E-state index in [9.17, 15) is 23.1 Å². The summed E-state index contributed by atoms with van der Waals surface area (Å²) in [6.45, 7) is 1.41. The minimum absolute atomic E-state index is 0.162. The van der Waals surface area contributed by atoms with E-state index >= 15 is 0 Å². The van der Waals surface area contributed by atoms with Gasteiger partial charge in [0.1, 0.15) is 0 Å². The summed E-state index contributed by atoms with van der Waals surface area (Å²) in [6.07, 6.45) is -3.66. The van der Waals surface area contributed by atoms with E-state index in [0.29, 0.717) is 0 Å². The Morgan fingerprint density at radius 2 is 2.06 bits per heavy atom. The molecule has 3 nitrogen and oxygen atoms in total. The second-order valence-corrected chi connectivity index (χ2v) is 3.35. The van der Waals surface area contributed by atoms with E-state index in [0.717, 1.165) is 18.2 Å². The van der Waals surface area contributed by atoms with E-state index in [-0.39, 0.29) is 11.4 Å². The predicted octanol–water partition coefficient (Wildman–Crippen LogP) is 1.77. The highest BCUT2D eigenvalue weighted by Crippen LogP contribution is 2.30. The number of nitrogens with one attached hydrogen (secondary N) is 1. The number of hydrogen-bond acceptors (Lipinski definition) is 3. The molecule has 0 saturated heterocycles. The summed E-state index contributed by atoms with van der Waals surface area (Å²) in [7, 11) is 0. The maximum Gasteiger partial charge on any atom is 0.416 e. The van der Waals surface area contributed by atoms with E-state index in [1.54, 1.807) is 0 Å². The van der Waals surface area contributed by atoms with E-state index in [1.807, 2.05) is 0 Å². The van der Waals surface area contributed by atoms with Crippen LogP contribution in [0.2, 0.25) is 0 Å². The minimum atomic E-state index is -4.43. The Balaban J connectivity index is 2.90. The van der Waals surface area contributed by atoms with Crippen molar-refractivity contribution in [3.8, 4) is 0 Å². The molecule has 1 rings (SSSR count). The topological polar surface area (TPSA) is 52.2 Å². The zero-order chi connectivity index (χ0) is 13.1. The van der Waals surface area contributed by atoms with Crippen molar-refractivity contribution in [1.82, 2.24) is 0 Å². The van der Waals surface area contributed by atoms with Crippen LogP contribution < -0.4 is 10.4 Å². The van der Waals surface area contributed by atoms with Gasteiger partial charge in [0.25, 0.3) is 0 Å². The number of hydrogen-bond donors (Lipinski definition) is 1. The number of halogens is 3. The van der Waals surface area contributed by atoms with Crippen molar-refractivity contribution < 1.29 is 23.1 Å². The van der Waals surface area contributed by atoms with Gasteiger partial charge in [0.2, 0.25) is 0 Å². The van der Waals surface area contributed by atoms with Crippen LogP contribution in [0.15, 0.2) is 36.0 Å². The van der Waals surface area contributed by atoms with Gasteiger partial charge in [-0.3, -0.25) is 0 Å². The molecule has 1 N–H and O–H groups in total. The number of carbonyl (C=O) groups is 1. The van der Waals surface area contributed by atoms with Gasteiger partial charge in [-0.15, -0.1) is 0 Å². The molecule has 1 aromatic carbocycles. The molecule has 0 aliphatic carbocycles. The molecule has 0 saturated carbocycles. The molecule has 0 radical (unpaired) electrons. The fourth-order valence-corrected chi connectivity index (χ4v) is 1.21. The fraction of sp³-hybridized carbons (Fsp3) is 0.182. The smallest absolute Gasteiger partial charge is 0.416 e. The third-order valence-electron chi connectivity index (χ3n) is 1.87. The van der Waals surface area contributed by atoms with Crippen LogP contribution in [0.3, 0.4) is 0 Å². The Kier molecular flexibility index (Phi) is 3.77. The standard InChI is InChI=1S/C11H10F3NO2/c1-7(5-10(16)17)15-9-4-2-3-8(6-9)11(12,13)14/h2-6,15H,1H3,(H,16,17)/p-1. The lowest BCUT2D eigenvalue weighted by atomic mass is 10.2. The van der Waals surface area contributed by atoms with E-state index in [1.165, 1.54) is 19.1 Å². The number of alkyl halides is 3. The lowest BCUT2D eigenvalue weighted by molar-refractivity contribution is -0.297. The van der Waals surface area contributed by atoms with Crippen molar-refractivity contribution in [2.75, 3.05) is 5.32 Å². The highest BCUT2D eigenvalue weighted by molar-refractivity contribution is 5.79. The molecule has 92 valence electrons. The van der Waals surface area contributed by atoms with Crippen molar-refractivity contribution in [3.05, 3.63) is 41.6 Å². The maximum atomic E-state index is 12.4. The van der Waals surface area contributed by atoms with Crippen molar-refractivity contribution in [1.29, 1.82) is 0 Å². The minimum Gasteiger partial charge on any atom is -0.545 e. The fourth-order valence-electron chi connectivity index (χ4n) is 1.21. The molecule has 17 heavy (non-hydrogen) atoms. The number of carbonyl (C=O) groups excluding carboxylic acids is 1. The quantitative estimate of drug-likeness (QED) is 0.824. The maximum absolute atomic E-state index is 12.4. The predicted molar refractivity (Wildman–Crippen MR) is 53.8 cm³/mol. The summed E-state index contributed by atoms with van der Waals surface area (Å²) < 4.78 is 37.1. The highest BCUT2D eigenvalue weighted by Gasteiger charge is 2.30. The summed E-state index contributed by atoms with van der Waals surface area (Å²) in [5.74, 6) is -1.41. The van der Waals surface area contributed by atoms with Gasteiger partial charge in [-0.2, -0.15) is 13.2 Å². The van der Waals surface area contributed by atoms with Gasteiger partial charge in [0, 0.05) is 11.4 Å². The SMILES string of the molecule is CC(=CC(=O)[O-])Nc1cccc(C(F)(F)F)c1. The Morgan fingerprint density at radius 3 is 2.59 bits per heavy atom. The van der Waals surface area contributed by atoms with Crippen molar-refractivity contribution in [2.45, 2.75) is 13.1 Å². The Labute approximate surface area is 95.6 Å². The van der Waals surface area contributed by atoms with Crippen LogP contribution in [0.5, 0.6) is 0 Å². The van der Waals surface area contributed by atoms with Gasteiger partial charge >= 0.3 is 6.18 Å². The molecule has 0 atom stereocenters. The average molecular weight is 244 g/mol. The van der Waals surface area contributed by atoms with Crippen molar-refractivity contribution >= 4 is 11.7 Å². The van der Waals surface area contributed by atoms with E-state index < -0.39 is 17.7 Å². The number of carboxylic acids is 1. The second kappa shape index (κ2) is 4.90. The molecule has 6 heteroatoms. The molecule has 0 bridgehead atoms. The van der Waals surface area contributed by atoms with Crippen LogP contribution in [0, 0.1) is 0 Å². The van der Waals surface area contributed by atoms with Crippen LogP contribution >= 0.6 is 0 Å². The summed E-state index contributed by atoms with van der Waals surface area (Å²) in [6, 6.07) is 4.47. The summed E-state index contributed by atoms with van der Waals surface area (Å²) in [5, 5.41) is 12.7. The van der Waals surface area contributed by atoms with Crippen LogP contribution in [-0.2, 0) is 11.0 Å². The molecule has 0 amide bonds. The molecule has 0 aliphatic heterocycles. The normalized spacial score (nSPS) is 12.4. The lowest BCUT2D eigenvalue weighted by Gasteiger charge is -2.11. The van der Waals surface area contributed by atoms with Gasteiger partial charge in [-0.25, -0.2) is 0 Å². The number of rotatable bonds is 3. The second-order valence-electron chi connectivity index (χ2n) is 3.35. The zero-order valence-corrected chi connectivity index (χ0v) is 8.84. The molecular weight excluding hydrogens is 235 g/mol. The first-order valence-electron chi connectivity index (χ1n) is 4.62. The van der Waals surface area contributed by atoms with E-state index in [2.05, 4.69) is 5.32 Å². The van der Waals surface area contributed by atoms with Crippen molar-refractivity contribution in [3.63, 3.8) is 0 Å². The number of aliphatic carboxylic acids is 1. The van der Waals surface area contributed by atoms with Gasteiger partial charge in [0.05, 0.1) is 11.5 Å². The Bertz CT molecular complexity index is 452. The van der Waals surface area contributed by atoms with Crippen LogP contribution in [-0.4, -0.2) is 5.97 Å². The first-order valence-corrected chi connectivity index (χ1v) is 4.62. The summed E-state index contributed by atoms with van der Waals surface area (Å²) >= 11 is 0. The van der Waals surface area contributed by atoms with E-state index in [4.69, 9.17) is 0 Å². The zero-order valence-electron chi connectivity index (χ0n) is 8.84. The third kappa shape index (κ3) is 4.18. The van der Waals surface area contributed by atoms with Gasteiger partial charge in [-0.05, 0) is 31.2 Å². The average Bonchev–Trinajstić information content (AvgIpc) is 2.15. The van der Waals surface area contributed by atoms with Gasteiger partial charge in [-0.1, -0.05) is 6.07 Å². The van der Waals surface area contributed by atoms with Crippen LogP contribution in [0.25, 0.3) is 0 Å². The Morgan fingerprint density at radius 1 is 1.41 bits per heavy atom. The molecule has 0 aromatic heterocycles. The largest absolute Gasteiger partial charge is 0.545 e. The summed E-state index contributed by atoms with van der Waals surface area (Å²) in [5.41, 5.74) is -0.456. The number of carboxylic acid groups (broad SMARTS) is 1. The molecular formula is C11H9F3NO2-. The first-order chi connectivity index (χ1) is 7.79. The first kappa shape index (κ1) is 13.1. The molecule has 0 spiro atoms. The monoisotopic (exact) mass is 244 g/mol. The summed E-state index contributed by atoms with van der Waals surface area (Å²) in [4.78, 5) is 10.2. The van der Waals surface area contributed by atoms with Crippen LogP contribution in [0.1, 0.15) is 12.5 Å². The number of allylic oxidation sites excluding steroid dienone is 1. The molecule has 0 unspecified atom stereocenters. The molecule has 0 aliphatic rings. The number of anilines is 1. The molecule has 0 heterocycles. The van der Waals surface area contributed by atoms with Crippen molar-refractivity contribution in [2.24, 2.45) is 0 Å². The molecule has 1 aromatic rings. The van der Waals surface area contributed by atoms with Crippen LogP contribution in [0.4, 0.5) is 18.9 Å². The number of benzene rings is 1. The van der Waals surface area contributed by atoms with Gasteiger partial charge < -0.3 is 15.2 Å². The highest BCUT2D eigenvalue weighted by atomic mass is 19.4. The molecule has 0 fully saturated rings. The Hall–Kier alpha value is -1.98. The lowest BCUT2D eigenvalue weighted by Crippen LogP contribution is -2.20.